The number of rotatable bonds is 3. The maximum atomic E-state index is 14.1. The first kappa shape index (κ1) is 15.4. The van der Waals surface area contributed by atoms with E-state index in [1.54, 1.807) is 6.92 Å². The molecule has 0 fully saturated rings. The Balaban J connectivity index is 2.52. The van der Waals surface area contributed by atoms with Crippen LogP contribution in [0.1, 0.15) is 11.6 Å². The third-order valence-electron chi connectivity index (χ3n) is 2.69. The lowest BCUT2D eigenvalue weighted by molar-refractivity contribution is 0.152. The monoisotopic (exact) mass is 360 g/mol. The quantitative estimate of drug-likeness (QED) is 0.854. The molecule has 1 amide bonds. The van der Waals surface area contributed by atoms with Gasteiger partial charge in [0.15, 0.2) is 11.6 Å². The number of hydrogen-bond donors (Lipinski definition) is 1. The molecule has 2 aromatic rings. The summed E-state index contributed by atoms with van der Waals surface area (Å²) in [5.41, 5.74) is -0.142. The van der Waals surface area contributed by atoms with E-state index in [2.05, 4.69) is 26.0 Å². The molecular formula is C12H11BrF2N4O2. The Morgan fingerprint density at radius 2 is 2.14 bits per heavy atom. The predicted octanol–water partition coefficient (Wildman–Crippen LogP) is 2.73. The van der Waals surface area contributed by atoms with E-state index in [0.717, 1.165) is 21.7 Å². The molecule has 0 saturated heterocycles. The van der Waals surface area contributed by atoms with Gasteiger partial charge in [0, 0.05) is 13.1 Å². The van der Waals surface area contributed by atoms with Gasteiger partial charge >= 0.3 is 6.09 Å². The smallest absolute Gasteiger partial charge is 0.407 e. The van der Waals surface area contributed by atoms with Crippen LogP contribution in [0.15, 0.2) is 16.6 Å². The van der Waals surface area contributed by atoms with Crippen LogP contribution in [-0.4, -0.2) is 37.9 Å². The van der Waals surface area contributed by atoms with Crippen molar-refractivity contribution in [2.24, 2.45) is 0 Å². The van der Waals surface area contributed by atoms with Crippen LogP contribution in [0.5, 0.6) is 0 Å². The predicted molar refractivity (Wildman–Crippen MR) is 73.2 cm³/mol. The zero-order valence-corrected chi connectivity index (χ0v) is 12.7. The number of aryl methyl sites for hydroxylation is 1. The van der Waals surface area contributed by atoms with Gasteiger partial charge in [-0.15, -0.1) is 0 Å². The molecule has 0 spiro atoms. The number of aromatic nitrogens is 3. The number of carbonyl (C=O) groups is 1. The van der Waals surface area contributed by atoms with Gasteiger partial charge in [-0.1, -0.05) is 0 Å². The van der Waals surface area contributed by atoms with Crippen molar-refractivity contribution in [2.75, 3.05) is 7.05 Å². The molecule has 9 heteroatoms. The van der Waals surface area contributed by atoms with Gasteiger partial charge in [0.05, 0.1) is 11.0 Å². The Morgan fingerprint density at radius 1 is 1.48 bits per heavy atom. The summed E-state index contributed by atoms with van der Waals surface area (Å²) in [4.78, 5) is 15.9. The van der Waals surface area contributed by atoms with Crippen LogP contribution in [0.25, 0.3) is 5.69 Å². The molecule has 0 radical (unpaired) electrons. The van der Waals surface area contributed by atoms with Gasteiger partial charge < -0.3 is 10.0 Å². The van der Waals surface area contributed by atoms with E-state index in [-0.39, 0.29) is 22.5 Å². The average Bonchev–Trinajstić information content (AvgIpc) is 2.74. The van der Waals surface area contributed by atoms with Crippen LogP contribution in [0.2, 0.25) is 0 Å². The van der Waals surface area contributed by atoms with Crippen molar-refractivity contribution in [2.45, 2.75) is 13.5 Å². The first-order valence-electron chi connectivity index (χ1n) is 5.81. The highest BCUT2D eigenvalue weighted by molar-refractivity contribution is 9.10. The van der Waals surface area contributed by atoms with Gasteiger partial charge in [0.25, 0.3) is 0 Å². The highest BCUT2D eigenvalue weighted by Gasteiger charge is 2.19. The molecule has 0 aliphatic rings. The Kier molecular flexibility index (Phi) is 4.21. The number of carboxylic acid groups (broad SMARTS) is 1. The molecule has 0 aliphatic heterocycles. The minimum absolute atomic E-state index is 0.0526. The van der Waals surface area contributed by atoms with Crippen molar-refractivity contribution in [3.05, 3.63) is 39.9 Å². The highest BCUT2D eigenvalue weighted by Crippen LogP contribution is 2.24. The molecule has 1 aromatic carbocycles. The zero-order valence-electron chi connectivity index (χ0n) is 11.1. The van der Waals surface area contributed by atoms with Crippen LogP contribution in [0.3, 0.4) is 0 Å². The molecule has 0 aliphatic carbocycles. The molecule has 1 N–H and O–H groups in total. The topological polar surface area (TPSA) is 71.2 Å². The minimum Gasteiger partial charge on any atom is -0.465 e. The fourth-order valence-electron chi connectivity index (χ4n) is 1.73. The summed E-state index contributed by atoms with van der Waals surface area (Å²) in [5.74, 6) is -0.845. The highest BCUT2D eigenvalue weighted by atomic mass is 79.9. The standard InChI is InChI=1S/C12H11BrF2N4O2/c1-6-16-10(5-18(2)12(20)21)19(17-6)9-4-7(14)3-8(13)11(9)15/h3-4H,5H2,1-2H3,(H,20,21). The van der Waals surface area contributed by atoms with E-state index >= 15 is 0 Å². The minimum atomic E-state index is -1.16. The van der Waals surface area contributed by atoms with Crippen molar-refractivity contribution < 1.29 is 18.7 Å². The average molecular weight is 361 g/mol. The van der Waals surface area contributed by atoms with E-state index in [9.17, 15) is 13.6 Å². The Bertz CT molecular complexity index is 705. The van der Waals surface area contributed by atoms with Crippen LogP contribution in [-0.2, 0) is 6.54 Å². The maximum absolute atomic E-state index is 14.1. The molecule has 0 saturated carbocycles. The number of amides is 1. The molecule has 21 heavy (non-hydrogen) atoms. The number of halogens is 3. The van der Waals surface area contributed by atoms with Gasteiger partial charge in [0.1, 0.15) is 17.3 Å². The van der Waals surface area contributed by atoms with Crippen LogP contribution in [0.4, 0.5) is 13.6 Å². The molecule has 6 nitrogen and oxygen atoms in total. The molecular weight excluding hydrogens is 350 g/mol. The second-order valence-corrected chi connectivity index (χ2v) is 5.20. The van der Waals surface area contributed by atoms with Crippen molar-refractivity contribution >= 4 is 22.0 Å². The van der Waals surface area contributed by atoms with Gasteiger partial charge in [-0.25, -0.2) is 23.2 Å². The Morgan fingerprint density at radius 3 is 2.76 bits per heavy atom. The largest absolute Gasteiger partial charge is 0.465 e. The van der Waals surface area contributed by atoms with E-state index < -0.39 is 17.7 Å². The second kappa shape index (κ2) is 5.76. The summed E-state index contributed by atoms with van der Waals surface area (Å²) in [5, 5.41) is 12.9. The third kappa shape index (κ3) is 3.18. The molecule has 0 unspecified atom stereocenters. The van der Waals surface area contributed by atoms with Gasteiger partial charge in [-0.2, -0.15) is 5.10 Å². The van der Waals surface area contributed by atoms with Gasteiger partial charge in [-0.05, 0) is 28.9 Å². The van der Waals surface area contributed by atoms with Crippen molar-refractivity contribution in [3.63, 3.8) is 0 Å². The SMILES string of the molecule is Cc1nc(CN(C)C(=O)O)n(-c2cc(F)cc(Br)c2F)n1. The lowest BCUT2D eigenvalue weighted by Gasteiger charge is -2.13. The van der Waals surface area contributed by atoms with E-state index in [1.165, 1.54) is 7.05 Å². The summed E-state index contributed by atoms with van der Waals surface area (Å²) in [6, 6.07) is 1.96. The maximum Gasteiger partial charge on any atom is 0.407 e. The van der Waals surface area contributed by atoms with Crippen molar-refractivity contribution in [1.82, 2.24) is 19.7 Å². The molecule has 2 rings (SSSR count). The van der Waals surface area contributed by atoms with Gasteiger partial charge in [0.2, 0.25) is 0 Å². The van der Waals surface area contributed by atoms with E-state index in [0.29, 0.717) is 5.82 Å². The summed E-state index contributed by atoms with van der Waals surface area (Å²) in [6.45, 7) is 1.47. The first-order chi connectivity index (χ1) is 9.79. The summed E-state index contributed by atoms with van der Waals surface area (Å²) < 4.78 is 28.6. The zero-order chi connectivity index (χ0) is 15.7. The molecule has 0 bridgehead atoms. The van der Waals surface area contributed by atoms with Gasteiger partial charge in [-0.3, -0.25) is 0 Å². The molecule has 0 atom stereocenters. The first-order valence-corrected chi connectivity index (χ1v) is 6.60. The summed E-state index contributed by atoms with van der Waals surface area (Å²) in [6.07, 6.45) is -1.16. The normalized spacial score (nSPS) is 10.7. The lowest BCUT2D eigenvalue weighted by Crippen LogP contribution is -2.26. The second-order valence-electron chi connectivity index (χ2n) is 4.35. The summed E-state index contributed by atoms with van der Waals surface area (Å²) >= 11 is 2.92. The van der Waals surface area contributed by atoms with E-state index in [1.807, 2.05) is 0 Å². The molecule has 112 valence electrons. The Hall–Kier alpha value is -2.03. The third-order valence-corrected chi connectivity index (χ3v) is 3.26. The molecule has 1 aromatic heterocycles. The Labute approximate surface area is 127 Å². The van der Waals surface area contributed by atoms with Crippen LogP contribution in [0, 0.1) is 18.6 Å². The lowest BCUT2D eigenvalue weighted by atomic mass is 10.3. The number of nitrogens with zero attached hydrogens (tertiary/aromatic N) is 4. The van der Waals surface area contributed by atoms with Crippen molar-refractivity contribution in [3.8, 4) is 5.69 Å². The number of benzene rings is 1. The van der Waals surface area contributed by atoms with Crippen molar-refractivity contribution in [1.29, 1.82) is 0 Å². The summed E-state index contributed by atoms with van der Waals surface area (Å²) in [7, 11) is 1.34. The van der Waals surface area contributed by atoms with E-state index in [4.69, 9.17) is 5.11 Å². The van der Waals surface area contributed by atoms with Crippen LogP contribution >= 0.6 is 15.9 Å². The fourth-order valence-corrected chi connectivity index (χ4v) is 2.15. The number of hydrogen-bond acceptors (Lipinski definition) is 3. The van der Waals surface area contributed by atoms with Crippen LogP contribution < -0.4 is 0 Å². The molecule has 1 heterocycles. The fraction of sp³-hybridized carbons (Fsp3) is 0.250.